The topological polar surface area (TPSA) is 88.3 Å². The molecule has 1 fully saturated rings. The number of amides is 1. The molecule has 2 heterocycles. The summed E-state index contributed by atoms with van der Waals surface area (Å²) in [7, 11) is 1.75. The van der Waals surface area contributed by atoms with E-state index in [-0.39, 0.29) is 18.9 Å². The van der Waals surface area contributed by atoms with E-state index in [1.54, 1.807) is 11.7 Å². The third-order valence-electron chi connectivity index (χ3n) is 2.87. The maximum atomic E-state index is 11.7. The molecular formula is C10H14N4O3. The fourth-order valence-corrected chi connectivity index (χ4v) is 1.89. The van der Waals surface area contributed by atoms with Gasteiger partial charge in [-0.15, -0.1) is 5.10 Å². The molecule has 1 aliphatic heterocycles. The second-order valence-corrected chi connectivity index (χ2v) is 4.05. The Morgan fingerprint density at radius 1 is 1.59 bits per heavy atom. The number of aromatic nitrogens is 3. The van der Waals surface area contributed by atoms with Gasteiger partial charge in [-0.1, -0.05) is 6.92 Å². The minimum absolute atomic E-state index is 0.0229. The molecule has 1 N–H and O–H groups in total. The van der Waals surface area contributed by atoms with Crippen LogP contribution in [0.2, 0.25) is 0 Å². The van der Waals surface area contributed by atoms with Crippen molar-refractivity contribution >= 4 is 17.8 Å². The Kier molecular flexibility index (Phi) is 2.83. The largest absolute Gasteiger partial charge is 0.481 e. The van der Waals surface area contributed by atoms with Crippen LogP contribution < -0.4 is 4.90 Å². The van der Waals surface area contributed by atoms with Crippen LogP contribution in [0.25, 0.3) is 0 Å². The molecule has 0 spiro atoms. The highest BCUT2D eigenvalue weighted by Gasteiger charge is 2.37. The van der Waals surface area contributed by atoms with Gasteiger partial charge in [0.15, 0.2) is 0 Å². The van der Waals surface area contributed by atoms with Gasteiger partial charge in [0.25, 0.3) is 5.95 Å². The van der Waals surface area contributed by atoms with Gasteiger partial charge in [-0.3, -0.25) is 19.2 Å². The van der Waals surface area contributed by atoms with Crippen LogP contribution in [-0.2, 0) is 23.1 Å². The van der Waals surface area contributed by atoms with E-state index in [4.69, 9.17) is 5.11 Å². The first-order valence-corrected chi connectivity index (χ1v) is 5.46. The van der Waals surface area contributed by atoms with Crippen molar-refractivity contribution in [1.29, 1.82) is 0 Å². The predicted molar refractivity (Wildman–Crippen MR) is 58.5 cm³/mol. The zero-order valence-electron chi connectivity index (χ0n) is 9.75. The van der Waals surface area contributed by atoms with E-state index < -0.39 is 11.9 Å². The summed E-state index contributed by atoms with van der Waals surface area (Å²) in [5.41, 5.74) is 0. The van der Waals surface area contributed by atoms with Gasteiger partial charge in [0, 0.05) is 26.4 Å². The summed E-state index contributed by atoms with van der Waals surface area (Å²) in [5, 5.41) is 13.0. The van der Waals surface area contributed by atoms with E-state index in [1.807, 2.05) is 6.92 Å². The lowest BCUT2D eigenvalue weighted by Crippen LogP contribution is -2.27. The third kappa shape index (κ3) is 2.00. The monoisotopic (exact) mass is 238 g/mol. The molecule has 17 heavy (non-hydrogen) atoms. The van der Waals surface area contributed by atoms with Gasteiger partial charge in [-0.25, -0.2) is 0 Å². The summed E-state index contributed by atoms with van der Waals surface area (Å²) in [5.74, 6) is -0.765. The molecule has 1 saturated heterocycles. The average molecular weight is 238 g/mol. The Morgan fingerprint density at radius 2 is 2.29 bits per heavy atom. The van der Waals surface area contributed by atoms with Crippen molar-refractivity contribution in [2.45, 2.75) is 19.8 Å². The highest BCUT2D eigenvalue weighted by Crippen LogP contribution is 2.22. The van der Waals surface area contributed by atoms with Crippen molar-refractivity contribution in [2.24, 2.45) is 13.0 Å². The van der Waals surface area contributed by atoms with Gasteiger partial charge in [-0.05, 0) is 0 Å². The zero-order valence-corrected chi connectivity index (χ0v) is 9.75. The maximum absolute atomic E-state index is 11.7. The molecule has 0 radical (unpaired) electrons. The summed E-state index contributed by atoms with van der Waals surface area (Å²) in [6.07, 6.45) is 0.739. The molecule has 0 aromatic carbocycles. The van der Waals surface area contributed by atoms with E-state index >= 15 is 0 Å². The summed E-state index contributed by atoms with van der Waals surface area (Å²) in [6, 6.07) is 0. The molecule has 7 nitrogen and oxygen atoms in total. The molecule has 0 saturated carbocycles. The second kappa shape index (κ2) is 4.15. The number of aliphatic carboxylic acids is 1. The molecule has 1 aliphatic rings. The van der Waals surface area contributed by atoms with Crippen LogP contribution >= 0.6 is 0 Å². The normalized spacial score (nSPS) is 20.0. The molecule has 1 atom stereocenters. The molecule has 1 aromatic rings. The minimum atomic E-state index is -0.951. The maximum Gasteiger partial charge on any atom is 0.308 e. The summed E-state index contributed by atoms with van der Waals surface area (Å²) in [4.78, 5) is 28.1. The molecule has 92 valence electrons. The smallest absolute Gasteiger partial charge is 0.308 e. The van der Waals surface area contributed by atoms with Gasteiger partial charge in [-0.2, -0.15) is 4.98 Å². The summed E-state index contributed by atoms with van der Waals surface area (Å²) >= 11 is 0. The van der Waals surface area contributed by atoms with Gasteiger partial charge in [0.05, 0.1) is 5.92 Å². The van der Waals surface area contributed by atoms with Crippen LogP contribution in [0.3, 0.4) is 0 Å². The first kappa shape index (κ1) is 11.6. The van der Waals surface area contributed by atoms with Crippen LogP contribution in [0.4, 0.5) is 5.95 Å². The third-order valence-corrected chi connectivity index (χ3v) is 2.87. The summed E-state index contributed by atoms with van der Waals surface area (Å²) < 4.78 is 1.61. The number of nitrogens with zero attached hydrogens (tertiary/aromatic N) is 4. The lowest BCUT2D eigenvalue weighted by Gasteiger charge is -2.09. The number of hydrogen-bond donors (Lipinski definition) is 1. The first-order valence-electron chi connectivity index (χ1n) is 5.46. The van der Waals surface area contributed by atoms with Crippen molar-refractivity contribution in [1.82, 2.24) is 14.8 Å². The molecular weight excluding hydrogens is 224 g/mol. The second-order valence-electron chi connectivity index (χ2n) is 4.05. The molecule has 0 aliphatic carbocycles. The van der Waals surface area contributed by atoms with E-state index in [0.29, 0.717) is 12.4 Å². The standard InChI is InChI=1S/C10H14N4O3/c1-3-7-11-10(12-13(7)2)14-5-6(9(16)17)4-8(14)15/h6H,3-5H2,1-2H3,(H,16,17). The van der Waals surface area contributed by atoms with Crippen molar-refractivity contribution in [2.75, 3.05) is 11.4 Å². The van der Waals surface area contributed by atoms with Crippen LogP contribution in [-0.4, -0.2) is 38.3 Å². The Hall–Kier alpha value is -1.92. The highest BCUT2D eigenvalue weighted by atomic mass is 16.4. The highest BCUT2D eigenvalue weighted by molar-refractivity contribution is 5.97. The molecule has 2 rings (SSSR count). The molecule has 1 aromatic heterocycles. The fourth-order valence-electron chi connectivity index (χ4n) is 1.89. The SMILES string of the molecule is CCc1nc(N2CC(C(=O)O)CC2=O)nn1C. The number of aryl methyl sites for hydroxylation is 2. The number of carboxylic acids is 1. The Labute approximate surface area is 98.0 Å². The molecule has 1 amide bonds. The Bertz CT molecular complexity index is 468. The van der Waals surface area contributed by atoms with Gasteiger partial charge in [0.2, 0.25) is 5.91 Å². The number of carbonyl (C=O) groups excluding carboxylic acids is 1. The quantitative estimate of drug-likeness (QED) is 0.788. The Morgan fingerprint density at radius 3 is 2.76 bits per heavy atom. The van der Waals surface area contributed by atoms with Crippen molar-refractivity contribution < 1.29 is 14.7 Å². The average Bonchev–Trinajstić information content (AvgIpc) is 2.81. The molecule has 1 unspecified atom stereocenters. The van der Waals surface area contributed by atoms with E-state index in [9.17, 15) is 9.59 Å². The van der Waals surface area contributed by atoms with Crippen LogP contribution in [0.5, 0.6) is 0 Å². The van der Waals surface area contributed by atoms with Crippen LogP contribution in [0.15, 0.2) is 0 Å². The molecule has 0 bridgehead atoms. The number of carboxylic acid groups (broad SMARTS) is 1. The van der Waals surface area contributed by atoms with E-state index in [0.717, 1.165) is 5.82 Å². The number of anilines is 1. The first-order chi connectivity index (χ1) is 8.02. The predicted octanol–water partition coefficient (Wildman–Crippen LogP) is -0.185. The van der Waals surface area contributed by atoms with Crippen LogP contribution in [0, 0.1) is 5.92 Å². The number of carbonyl (C=O) groups is 2. The van der Waals surface area contributed by atoms with Crippen molar-refractivity contribution in [3.05, 3.63) is 5.82 Å². The van der Waals surface area contributed by atoms with E-state index in [2.05, 4.69) is 10.1 Å². The minimum Gasteiger partial charge on any atom is -0.481 e. The zero-order chi connectivity index (χ0) is 12.6. The van der Waals surface area contributed by atoms with Gasteiger partial charge < -0.3 is 5.11 Å². The van der Waals surface area contributed by atoms with Crippen LogP contribution in [0.1, 0.15) is 19.2 Å². The molecule has 7 heteroatoms. The Balaban J connectivity index is 2.22. The number of hydrogen-bond acceptors (Lipinski definition) is 4. The van der Waals surface area contributed by atoms with Crippen molar-refractivity contribution in [3.8, 4) is 0 Å². The lowest BCUT2D eigenvalue weighted by atomic mass is 10.1. The van der Waals surface area contributed by atoms with Gasteiger partial charge in [0.1, 0.15) is 5.82 Å². The van der Waals surface area contributed by atoms with E-state index in [1.165, 1.54) is 4.90 Å². The van der Waals surface area contributed by atoms with Gasteiger partial charge >= 0.3 is 5.97 Å². The lowest BCUT2D eigenvalue weighted by molar-refractivity contribution is -0.141. The van der Waals surface area contributed by atoms with Crippen molar-refractivity contribution in [3.63, 3.8) is 0 Å². The fraction of sp³-hybridized carbons (Fsp3) is 0.600. The number of rotatable bonds is 3. The summed E-state index contributed by atoms with van der Waals surface area (Å²) in [6.45, 7) is 2.10.